The predicted molar refractivity (Wildman–Crippen MR) is 136 cm³/mol. The number of halogens is 4. The molecule has 0 aromatic heterocycles. The first-order chi connectivity index (χ1) is 18.6. The van der Waals surface area contributed by atoms with Gasteiger partial charge < -0.3 is 30.1 Å². The molecule has 0 radical (unpaired) electrons. The van der Waals surface area contributed by atoms with Gasteiger partial charge in [0.05, 0.1) is 6.54 Å². The number of urea groups is 1. The molecule has 13 heteroatoms. The highest BCUT2D eigenvalue weighted by molar-refractivity contribution is 6.38. The summed E-state index contributed by atoms with van der Waals surface area (Å²) in [4.78, 5) is 36.2. The maximum atomic E-state index is 13.4. The number of carbonyl (C=O) groups excluding carboxylic acids is 2. The maximum Gasteiger partial charge on any atom is 0.573 e. The lowest BCUT2D eigenvalue weighted by Crippen LogP contribution is -2.53. The van der Waals surface area contributed by atoms with Crippen molar-refractivity contribution < 1.29 is 31.9 Å². The van der Waals surface area contributed by atoms with Crippen molar-refractivity contribution in [1.29, 1.82) is 0 Å². The minimum Gasteiger partial charge on any atom is -0.406 e. The number of hydrogen-bond donors (Lipinski definition) is 2. The number of alkyl halides is 3. The molecule has 208 valence electrons. The van der Waals surface area contributed by atoms with E-state index in [1.54, 1.807) is 17.0 Å². The van der Waals surface area contributed by atoms with Crippen LogP contribution in [0.4, 0.5) is 33.7 Å². The van der Waals surface area contributed by atoms with E-state index < -0.39 is 24.3 Å². The third kappa shape index (κ3) is 7.09. The largest absolute Gasteiger partial charge is 0.573 e. The molecule has 2 fully saturated rings. The van der Waals surface area contributed by atoms with E-state index >= 15 is 0 Å². The Bertz CT molecular complexity index is 1210. The predicted octanol–water partition coefficient (Wildman–Crippen LogP) is 3.64. The monoisotopic (exact) mass is 548 g/mol. The van der Waals surface area contributed by atoms with E-state index in [4.69, 9.17) is 0 Å². The third-order valence-electron chi connectivity index (χ3n) is 6.74. The molecule has 2 N–H and O–H groups in total. The number of ether oxygens (including phenoxy) is 1. The van der Waals surface area contributed by atoms with Crippen LogP contribution < -0.4 is 20.3 Å². The molecular formula is C26H28F4N6O3. The van der Waals surface area contributed by atoms with Crippen LogP contribution in [0.5, 0.6) is 5.75 Å². The van der Waals surface area contributed by atoms with Gasteiger partial charge in [0, 0.05) is 44.1 Å². The lowest BCUT2D eigenvalue weighted by Gasteiger charge is -2.36. The molecule has 5 rings (SSSR count). The average molecular weight is 549 g/mol. The van der Waals surface area contributed by atoms with E-state index in [9.17, 15) is 27.2 Å². The number of piperazine rings is 1. The van der Waals surface area contributed by atoms with E-state index in [2.05, 4.69) is 25.3 Å². The van der Waals surface area contributed by atoms with Crippen molar-refractivity contribution in [2.75, 3.05) is 49.5 Å². The third-order valence-corrected chi connectivity index (χ3v) is 6.74. The molecule has 39 heavy (non-hydrogen) atoms. The molecule has 2 aromatic carbocycles. The number of anilines is 2. The number of nitrogens with one attached hydrogen (secondary N) is 2. The summed E-state index contributed by atoms with van der Waals surface area (Å²) < 4.78 is 54.1. The summed E-state index contributed by atoms with van der Waals surface area (Å²) in [5, 5.41) is 5.28. The van der Waals surface area contributed by atoms with Gasteiger partial charge in [-0.1, -0.05) is 0 Å². The fourth-order valence-electron chi connectivity index (χ4n) is 4.63. The van der Waals surface area contributed by atoms with E-state index in [-0.39, 0.29) is 17.4 Å². The normalized spacial score (nSPS) is 19.5. The van der Waals surface area contributed by atoms with E-state index in [1.807, 2.05) is 4.90 Å². The van der Waals surface area contributed by atoms with Gasteiger partial charge in [-0.15, -0.1) is 13.2 Å². The Labute approximate surface area is 222 Å². The smallest absolute Gasteiger partial charge is 0.406 e. The van der Waals surface area contributed by atoms with Gasteiger partial charge in [0.2, 0.25) is 0 Å². The summed E-state index contributed by atoms with van der Waals surface area (Å²) >= 11 is 0. The molecule has 2 heterocycles. The SMILES string of the molecule is O=C(Nc1ccc(OC(F)(F)F)cc1)NC1CN(CC2CC2)C(C(=O)N2CCN(c3ccc(F)cc3)CC2)=N1. The van der Waals surface area contributed by atoms with Crippen LogP contribution in [0.25, 0.3) is 0 Å². The quantitative estimate of drug-likeness (QED) is 0.516. The lowest BCUT2D eigenvalue weighted by atomic mass is 10.2. The number of hydrogen-bond acceptors (Lipinski definition) is 6. The Morgan fingerprint density at radius 1 is 0.974 bits per heavy atom. The summed E-state index contributed by atoms with van der Waals surface area (Å²) in [5.41, 5.74) is 1.17. The van der Waals surface area contributed by atoms with Crippen LogP contribution in [0.1, 0.15) is 12.8 Å². The van der Waals surface area contributed by atoms with Crippen LogP contribution in [0.3, 0.4) is 0 Å². The number of aliphatic imine (C=N–C) groups is 1. The molecule has 3 amide bonds. The van der Waals surface area contributed by atoms with Gasteiger partial charge in [0.1, 0.15) is 17.7 Å². The summed E-state index contributed by atoms with van der Waals surface area (Å²) in [5.74, 6) is -0.0853. The van der Waals surface area contributed by atoms with E-state index in [0.717, 1.165) is 30.7 Å². The molecule has 9 nitrogen and oxygen atoms in total. The first kappa shape index (κ1) is 26.6. The zero-order valence-corrected chi connectivity index (χ0v) is 21.0. The van der Waals surface area contributed by atoms with Crippen LogP contribution in [0.2, 0.25) is 0 Å². The summed E-state index contributed by atoms with van der Waals surface area (Å²) in [6.07, 6.45) is -3.29. The molecule has 1 atom stereocenters. The van der Waals surface area contributed by atoms with Crippen molar-refractivity contribution in [1.82, 2.24) is 15.1 Å². The number of nitrogens with zero attached hydrogens (tertiary/aromatic N) is 4. The van der Waals surface area contributed by atoms with Crippen LogP contribution in [0, 0.1) is 11.7 Å². The van der Waals surface area contributed by atoms with Gasteiger partial charge in [-0.25, -0.2) is 14.2 Å². The second-order valence-corrected chi connectivity index (χ2v) is 9.74. The number of rotatable bonds is 7. The number of benzene rings is 2. The molecule has 2 aromatic rings. The second kappa shape index (κ2) is 11.0. The molecule has 1 unspecified atom stereocenters. The van der Waals surface area contributed by atoms with Crippen molar-refractivity contribution >= 4 is 29.1 Å². The second-order valence-electron chi connectivity index (χ2n) is 9.74. The van der Waals surface area contributed by atoms with Crippen molar-refractivity contribution in [3.63, 3.8) is 0 Å². The molecule has 3 aliphatic rings. The van der Waals surface area contributed by atoms with Gasteiger partial charge in [-0.05, 0) is 67.3 Å². The zero-order valence-electron chi connectivity index (χ0n) is 21.0. The maximum absolute atomic E-state index is 13.4. The fourth-order valence-corrected chi connectivity index (χ4v) is 4.63. The molecule has 2 aliphatic heterocycles. The molecule has 1 aliphatic carbocycles. The van der Waals surface area contributed by atoms with Crippen molar-refractivity contribution in [2.45, 2.75) is 25.4 Å². The van der Waals surface area contributed by atoms with Crippen LogP contribution in [-0.2, 0) is 4.79 Å². The Kier molecular flexibility index (Phi) is 7.49. The minimum atomic E-state index is -4.80. The summed E-state index contributed by atoms with van der Waals surface area (Å²) in [6.45, 7) is 3.20. The van der Waals surface area contributed by atoms with Crippen molar-refractivity contribution in [2.24, 2.45) is 10.9 Å². The number of amidine groups is 1. The zero-order chi connectivity index (χ0) is 27.6. The Hall–Kier alpha value is -4.03. The molecule has 0 bridgehead atoms. The summed E-state index contributed by atoms with van der Waals surface area (Å²) in [7, 11) is 0. The Balaban J connectivity index is 1.18. The number of carbonyl (C=O) groups is 2. The Morgan fingerprint density at radius 3 is 2.26 bits per heavy atom. The highest BCUT2D eigenvalue weighted by Gasteiger charge is 2.37. The van der Waals surface area contributed by atoms with Gasteiger partial charge in [0.25, 0.3) is 5.91 Å². The standard InChI is InChI=1S/C26H28F4N6O3/c27-18-3-7-20(8-4-18)34-11-13-35(14-12-34)24(37)23-32-22(16-36(23)15-17-1-2-17)33-25(38)31-19-5-9-21(10-6-19)39-26(28,29)30/h3-10,17,22H,1-2,11-16H2,(H2,31,33,38). The Morgan fingerprint density at radius 2 is 1.64 bits per heavy atom. The van der Waals surface area contributed by atoms with Crippen LogP contribution in [-0.4, -0.2) is 79.4 Å². The van der Waals surface area contributed by atoms with Gasteiger partial charge >= 0.3 is 12.4 Å². The first-order valence-electron chi connectivity index (χ1n) is 12.7. The number of amides is 3. The first-order valence-corrected chi connectivity index (χ1v) is 12.7. The minimum absolute atomic E-state index is 0.195. The van der Waals surface area contributed by atoms with Gasteiger partial charge in [-0.3, -0.25) is 4.79 Å². The highest BCUT2D eigenvalue weighted by atomic mass is 19.4. The van der Waals surface area contributed by atoms with Crippen LogP contribution in [0.15, 0.2) is 53.5 Å². The van der Waals surface area contributed by atoms with E-state index in [1.165, 1.54) is 24.3 Å². The average Bonchev–Trinajstić information content (AvgIpc) is 3.63. The van der Waals surface area contributed by atoms with Gasteiger partial charge in [0.15, 0.2) is 5.84 Å². The molecule has 0 spiro atoms. The molecule has 1 saturated carbocycles. The van der Waals surface area contributed by atoms with E-state index in [0.29, 0.717) is 51.0 Å². The topological polar surface area (TPSA) is 89.5 Å². The van der Waals surface area contributed by atoms with Gasteiger partial charge in [-0.2, -0.15) is 0 Å². The summed E-state index contributed by atoms with van der Waals surface area (Å²) in [6, 6.07) is 10.4. The molecular weight excluding hydrogens is 520 g/mol. The molecule has 1 saturated heterocycles. The fraction of sp³-hybridized carbons (Fsp3) is 0.423. The lowest BCUT2D eigenvalue weighted by molar-refractivity contribution is -0.274. The van der Waals surface area contributed by atoms with Crippen LogP contribution >= 0.6 is 0 Å². The highest BCUT2D eigenvalue weighted by Crippen LogP contribution is 2.31. The van der Waals surface area contributed by atoms with Crippen molar-refractivity contribution in [3.05, 3.63) is 54.3 Å². The van der Waals surface area contributed by atoms with Crippen molar-refractivity contribution in [3.8, 4) is 5.75 Å².